The zero-order chi connectivity index (χ0) is 20.0. The molecule has 0 unspecified atom stereocenters. The van der Waals surface area contributed by atoms with E-state index < -0.39 is 0 Å². The summed E-state index contributed by atoms with van der Waals surface area (Å²) >= 11 is 0. The molecule has 0 saturated heterocycles. The Balaban J connectivity index is 3.26. The average molecular weight is 363 g/mol. The largest absolute Gasteiger partial charge is 0.396 e. The summed E-state index contributed by atoms with van der Waals surface area (Å²) in [6.07, 6.45) is 6.04. The summed E-state index contributed by atoms with van der Waals surface area (Å²) in [5.74, 6) is 0. The third-order valence-electron chi connectivity index (χ3n) is 5.78. The summed E-state index contributed by atoms with van der Waals surface area (Å²) in [6, 6.07) is 7.20. The molecule has 0 spiro atoms. The lowest BCUT2D eigenvalue weighted by molar-refractivity contribution is 0.276. The van der Waals surface area contributed by atoms with Crippen molar-refractivity contribution in [3.63, 3.8) is 0 Å². The van der Waals surface area contributed by atoms with Crippen molar-refractivity contribution < 1.29 is 10.2 Å². The lowest BCUT2D eigenvalue weighted by Crippen LogP contribution is -2.24. The molecule has 0 amide bonds. The Morgan fingerprint density at radius 1 is 0.577 bits per heavy atom. The SMILES string of the molecule is CC(C)(C)c1cc(C(C)(C)CCCCO)cc(C(C)(C)CCCCO)c1. The molecule has 0 aliphatic heterocycles. The number of hydrogen-bond acceptors (Lipinski definition) is 2. The van der Waals surface area contributed by atoms with Crippen LogP contribution < -0.4 is 0 Å². The van der Waals surface area contributed by atoms with Gasteiger partial charge in [-0.05, 0) is 58.6 Å². The molecular formula is C24H42O2. The van der Waals surface area contributed by atoms with Crippen LogP contribution in [0.5, 0.6) is 0 Å². The van der Waals surface area contributed by atoms with Crippen molar-refractivity contribution in [2.75, 3.05) is 13.2 Å². The second-order valence-electron chi connectivity index (χ2n) is 10.2. The molecule has 0 aliphatic rings. The molecular weight excluding hydrogens is 320 g/mol. The average Bonchev–Trinajstić information content (AvgIpc) is 2.54. The molecule has 2 heteroatoms. The number of benzene rings is 1. The van der Waals surface area contributed by atoms with Crippen molar-refractivity contribution in [2.24, 2.45) is 0 Å². The molecule has 0 bridgehead atoms. The predicted molar refractivity (Wildman–Crippen MR) is 113 cm³/mol. The van der Waals surface area contributed by atoms with Gasteiger partial charge in [-0.3, -0.25) is 0 Å². The van der Waals surface area contributed by atoms with Crippen molar-refractivity contribution in [2.45, 2.75) is 103 Å². The third-order valence-corrected chi connectivity index (χ3v) is 5.78. The molecule has 0 saturated carbocycles. The first-order valence-electron chi connectivity index (χ1n) is 10.3. The van der Waals surface area contributed by atoms with Gasteiger partial charge in [0.15, 0.2) is 0 Å². The zero-order valence-electron chi connectivity index (χ0n) is 18.3. The molecule has 1 aromatic carbocycles. The number of aliphatic hydroxyl groups is 2. The lowest BCUT2D eigenvalue weighted by atomic mass is 9.72. The molecule has 150 valence electrons. The quantitative estimate of drug-likeness (QED) is 0.511. The molecule has 2 nitrogen and oxygen atoms in total. The van der Waals surface area contributed by atoms with Crippen LogP contribution in [0.25, 0.3) is 0 Å². The van der Waals surface area contributed by atoms with Gasteiger partial charge in [0.25, 0.3) is 0 Å². The van der Waals surface area contributed by atoms with Gasteiger partial charge < -0.3 is 10.2 Å². The highest BCUT2D eigenvalue weighted by molar-refractivity contribution is 5.40. The number of unbranched alkanes of at least 4 members (excludes halogenated alkanes) is 2. The highest BCUT2D eigenvalue weighted by Crippen LogP contribution is 2.38. The standard InChI is InChI=1S/C24H42O2/c1-22(2,3)19-16-20(23(4,5)12-8-10-14-25)18-21(17-19)24(6,7)13-9-11-15-26/h16-18,25-26H,8-15H2,1-7H3. The summed E-state index contributed by atoms with van der Waals surface area (Å²) in [4.78, 5) is 0. The molecule has 1 rings (SSSR count). The Morgan fingerprint density at radius 3 is 1.23 bits per heavy atom. The summed E-state index contributed by atoms with van der Waals surface area (Å²) in [7, 11) is 0. The smallest absolute Gasteiger partial charge is 0.0431 e. The van der Waals surface area contributed by atoms with E-state index in [0.29, 0.717) is 0 Å². The van der Waals surface area contributed by atoms with E-state index in [1.54, 1.807) is 0 Å². The molecule has 0 aromatic heterocycles. The normalized spacial score (nSPS) is 13.3. The van der Waals surface area contributed by atoms with Gasteiger partial charge in [-0.1, -0.05) is 79.5 Å². The first kappa shape index (κ1) is 23.2. The van der Waals surface area contributed by atoms with Gasteiger partial charge in [-0.2, -0.15) is 0 Å². The summed E-state index contributed by atoms with van der Waals surface area (Å²) < 4.78 is 0. The maximum atomic E-state index is 9.12. The van der Waals surface area contributed by atoms with Crippen molar-refractivity contribution in [1.29, 1.82) is 0 Å². The van der Waals surface area contributed by atoms with Gasteiger partial charge in [0.05, 0.1) is 0 Å². The van der Waals surface area contributed by atoms with Crippen molar-refractivity contribution >= 4 is 0 Å². The molecule has 0 radical (unpaired) electrons. The van der Waals surface area contributed by atoms with Crippen LogP contribution in [-0.4, -0.2) is 23.4 Å². The van der Waals surface area contributed by atoms with E-state index in [2.05, 4.69) is 66.7 Å². The molecule has 26 heavy (non-hydrogen) atoms. The minimum atomic E-state index is 0.104. The highest BCUT2D eigenvalue weighted by atomic mass is 16.3. The Labute approximate surface area is 162 Å². The Kier molecular flexibility index (Phi) is 8.35. The zero-order valence-corrected chi connectivity index (χ0v) is 18.3. The van der Waals surface area contributed by atoms with Crippen LogP contribution in [0, 0.1) is 0 Å². The number of hydrogen-bond donors (Lipinski definition) is 2. The van der Waals surface area contributed by atoms with Crippen LogP contribution in [0.4, 0.5) is 0 Å². The fourth-order valence-corrected chi connectivity index (χ4v) is 3.49. The molecule has 0 aliphatic carbocycles. The number of aliphatic hydroxyl groups excluding tert-OH is 2. The van der Waals surface area contributed by atoms with E-state index in [1.165, 1.54) is 16.7 Å². The van der Waals surface area contributed by atoms with Crippen LogP contribution in [0.1, 0.15) is 104 Å². The van der Waals surface area contributed by atoms with Crippen LogP contribution >= 0.6 is 0 Å². The second kappa shape index (κ2) is 9.37. The van der Waals surface area contributed by atoms with E-state index >= 15 is 0 Å². The lowest BCUT2D eigenvalue weighted by Gasteiger charge is -2.33. The molecule has 1 aromatic rings. The molecule has 0 fully saturated rings. The minimum Gasteiger partial charge on any atom is -0.396 e. The maximum Gasteiger partial charge on any atom is 0.0431 e. The number of rotatable bonds is 10. The van der Waals surface area contributed by atoms with E-state index in [4.69, 9.17) is 10.2 Å². The van der Waals surface area contributed by atoms with E-state index in [1.807, 2.05) is 0 Å². The van der Waals surface area contributed by atoms with E-state index in [-0.39, 0.29) is 29.5 Å². The summed E-state index contributed by atoms with van der Waals surface area (Å²) in [5, 5.41) is 18.2. The monoisotopic (exact) mass is 362 g/mol. The molecule has 0 atom stereocenters. The third kappa shape index (κ3) is 6.70. The van der Waals surface area contributed by atoms with E-state index in [9.17, 15) is 0 Å². The maximum absolute atomic E-state index is 9.12. The molecule has 0 heterocycles. The Bertz CT molecular complexity index is 510. The van der Waals surface area contributed by atoms with Gasteiger partial charge in [0.2, 0.25) is 0 Å². The van der Waals surface area contributed by atoms with Crippen LogP contribution in [-0.2, 0) is 16.2 Å². The fourth-order valence-electron chi connectivity index (χ4n) is 3.49. The topological polar surface area (TPSA) is 40.5 Å². The summed E-state index contributed by atoms with van der Waals surface area (Å²) in [6.45, 7) is 16.7. The minimum absolute atomic E-state index is 0.104. The van der Waals surface area contributed by atoms with Crippen LogP contribution in [0.3, 0.4) is 0 Å². The predicted octanol–water partition coefficient (Wildman–Crippen LogP) is 5.86. The van der Waals surface area contributed by atoms with Gasteiger partial charge >= 0.3 is 0 Å². The first-order valence-corrected chi connectivity index (χ1v) is 10.3. The van der Waals surface area contributed by atoms with Gasteiger partial charge in [-0.15, -0.1) is 0 Å². The fraction of sp³-hybridized carbons (Fsp3) is 0.750. The van der Waals surface area contributed by atoms with Crippen LogP contribution in [0.15, 0.2) is 18.2 Å². The Hall–Kier alpha value is -0.860. The van der Waals surface area contributed by atoms with Crippen molar-refractivity contribution in [1.82, 2.24) is 0 Å². The summed E-state index contributed by atoms with van der Waals surface area (Å²) in [5.41, 5.74) is 4.54. The van der Waals surface area contributed by atoms with Gasteiger partial charge in [0.1, 0.15) is 0 Å². The van der Waals surface area contributed by atoms with Crippen molar-refractivity contribution in [3.05, 3.63) is 34.9 Å². The van der Waals surface area contributed by atoms with Crippen LogP contribution in [0.2, 0.25) is 0 Å². The Morgan fingerprint density at radius 2 is 0.923 bits per heavy atom. The van der Waals surface area contributed by atoms with Gasteiger partial charge in [-0.25, -0.2) is 0 Å². The van der Waals surface area contributed by atoms with Gasteiger partial charge in [0, 0.05) is 13.2 Å². The highest BCUT2D eigenvalue weighted by Gasteiger charge is 2.28. The molecule has 2 N–H and O–H groups in total. The van der Waals surface area contributed by atoms with E-state index in [0.717, 1.165) is 38.5 Å². The second-order valence-corrected chi connectivity index (χ2v) is 10.2. The first-order chi connectivity index (χ1) is 11.9. The van der Waals surface area contributed by atoms with Crippen molar-refractivity contribution in [3.8, 4) is 0 Å².